The first-order chi connectivity index (χ1) is 13.8. The van der Waals surface area contributed by atoms with E-state index < -0.39 is 29.4 Å². The van der Waals surface area contributed by atoms with Crippen molar-refractivity contribution >= 4 is 46.8 Å². The lowest BCUT2D eigenvalue weighted by Crippen LogP contribution is -2.51. The molecule has 148 valence electrons. The Balaban J connectivity index is 1.57. The van der Waals surface area contributed by atoms with Crippen LogP contribution in [0.1, 0.15) is 5.56 Å². The van der Waals surface area contributed by atoms with Crippen LogP contribution in [0.4, 0.5) is 14.5 Å². The number of halogens is 2. The molecule has 7 nitrogen and oxygen atoms in total. The Morgan fingerprint density at radius 3 is 2.31 bits per heavy atom. The number of rotatable bonds is 5. The van der Waals surface area contributed by atoms with Gasteiger partial charge >= 0.3 is 0 Å². The van der Waals surface area contributed by atoms with E-state index in [-0.39, 0.29) is 23.0 Å². The quantitative estimate of drug-likeness (QED) is 0.392. The molecule has 0 spiro atoms. The minimum Gasteiger partial charge on any atom is -0.484 e. The van der Waals surface area contributed by atoms with E-state index in [0.29, 0.717) is 11.3 Å². The van der Waals surface area contributed by atoms with Crippen molar-refractivity contribution in [3.8, 4) is 5.75 Å². The van der Waals surface area contributed by atoms with Crippen molar-refractivity contribution in [3.05, 3.63) is 65.2 Å². The summed E-state index contributed by atoms with van der Waals surface area (Å²) in [4.78, 5) is 35.5. The Kier molecular flexibility index (Phi) is 5.93. The molecule has 0 radical (unpaired) electrons. The van der Waals surface area contributed by atoms with Crippen LogP contribution in [0.5, 0.6) is 5.75 Å². The zero-order valence-electron chi connectivity index (χ0n) is 14.6. The van der Waals surface area contributed by atoms with E-state index in [4.69, 9.17) is 17.0 Å². The van der Waals surface area contributed by atoms with Crippen LogP contribution in [-0.2, 0) is 14.4 Å². The van der Waals surface area contributed by atoms with Crippen LogP contribution in [0.3, 0.4) is 0 Å². The normalized spacial score (nSPS) is 13.4. The van der Waals surface area contributed by atoms with Gasteiger partial charge in [-0.25, -0.2) is 8.78 Å². The number of anilines is 1. The Hall–Kier alpha value is -3.66. The van der Waals surface area contributed by atoms with Gasteiger partial charge in [-0.05, 0) is 48.1 Å². The van der Waals surface area contributed by atoms with Crippen molar-refractivity contribution in [2.75, 3.05) is 11.9 Å². The first kappa shape index (κ1) is 20.1. The highest BCUT2D eigenvalue weighted by Gasteiger charge is 2.25. The topological polar surface area (TPSA) is 96.5 Å². The van der Waals surface area contributed by atoms with E-state index in [1.165, 1.54) is 12.1 Å². The summed E-state index contributed by atoms with van der Waals surface area (Å²) in [6.07, 6.45) is 1.38. The van der Waals surface area contributed by atoms with E-state index in [2.05, 4.69) is 16.0 Å². The molecule has 3 amide bonds. The standard InChI is InChI=1S/C19H13F2N3O4S/c20-14-6-3-11(8-15(14)21)22-16(25)9-28-12-4-1-10(2-5-12)7-13-17(26)23-19(29)24-18(13)27/h1-8H,9H2,(H,22,25)(H2,23,24,26,27,29). The number of hydrogen-bond donors (Lipinski definition) is 3. The molecule has 0 aliphatic carbocycles. The van der Waals surface area contributed by atoms with Gasteiger partial charge in [0, 0.05) is 11.8 Å². The zero-order chi connectivity index (χ0) is 21.0. The first-order valence-corrected chi connectivity index (χ1v) is 8.59. The third-order valence-corrected chi connectivity index (χ3v) is 3.91. The number of hydrogen-bond acceptors (Lipinski definition) is 5. The van der Waals surface area contributed by atoms with Crippen molar-refractivity contribution in [3.63, 3.8) is 0 Å². The summed E-state index contributed by atoms with van der Waals surface area (Å²) >= 11 is 4.72. The number of carbonyl (C=O) groups excluding carboxylic acids is 3. The molecule has 1 heterocycles. The number of benzene rings is 2. The molecule has 10 heteroatoms. The van der Waals surface area contributed by atoms with E-state index in [9.17, 15) is 23.2 Å². The van der Waals surface area contributed by atoms with Gasteiger partial charge in [-0.15, -0.1) is 0 Å². The third kappa shape index (κ3) is 5.20. The van der Waals surface area contributed by atoms with Crippen LogP contribution < -0.4 is 20.7 Å². The fraction of sp³-hybridized carbons (Fsp3) is 0.0526. The van der Waals surface area contributed by atoms with Gasteiger partial charge < -0.3 is 10.1 Å². The van der Waals surface area contributed by atoms with E-state index in [1.807, 2.05) is 0 Å². The number of ether oxygens (including phenoxy) is 1. The molecule has 2 aromatic rings. The third-order valence-electron chi connectivity index (χ3n) is 3.71. The summed E-state index contributed by atoms with van der Waals surface area (Å²) in [5.74, 6) is -3.50. The molecule has 1 fully saturated rings. The smallest absolute Gasteiger partial charge is 0.263 e. The Morgan fingerprint density at radius 1 is 1.03 bits per heavy atom. The average Bonchev–Trinajstić information content (AvgIpc) is 2.67. The van der Waals surface area contributed by atoms with Crippen LogP contribution in [-0.4, -0.2) is 29.4 Å². The first-order valence-electron chi connectivity index (χ1n) is 8.18. The summed E-state index contributed by atoms with van der Waals surface area (Å²) in [7, 11) is 0. The monoisotopic (exact) mass is 417 g/mol. The Bertz CT molecular complexity index is 1020. The molecule has 0 aromatic heterocycles. The SMILES string of the molecule is O=C(COc1ccc(C=C2C(=O)NC(=S)NC2=O)cc1)Nc1ccc(F)c(F)c1. The average molecular weight is 417 g/mol. The number of nitrogens with one attached hydrogen (secondary N) is 3. The maximum atomic E-state index is 13.1. The molecular weight excluding hydrogens is 404 g/mol. The van der Waals surface area contributed by atoms with Gasteiger partial charge in [0.15, 0.2) is 23.4 Å². The van der Waals surface area contributed by atoms with Gasteiger partial charge in [0.2, 0.25) is 0 Å². The highest BCUT2D eigenvalue weighted by molar-refractivity contribution is 7.80. The van der Waals surface area contributed by atoms with Crippen molar-refractivity contribution < 1.29 is 27.9 Å². The molecular formula is C19H13F2N3O4S. The molecule has 1 aliphatic heterocycles. The molecule has 29 heavy (non-hydrogen) atoms. The fourth-order valence-corrected chi connectivity index (χ4v) is 2.54. The molecule has 0 saturated carbocycles. The molecule has 1 aliphatic rings. The summed E-state index contributed by atoms with van der Waals surface area (Å²) < 4.78 is 31.3. The minimum absolute atomic E-state index is 0.0532. The second-order valence-corrected chi connectivity index (χ2v) is 6.24. The fourth-order valence-electron chi connectivity index (χ4n) is 2.35. The Morgan fingerprint density at radius 2 is 1.69 bits per heavy atom. The molecule has 1 saturated heterocycles. The van der Waals surface area contributed by atoms with Crippen LogP contribution >= 0.6 is 12.2 Å². The van der Waals surface area contributed by atoms with Crippen LogP contribution in [0.15, 0.2) is 48.0 Å². The predicted octanol–water partition coefficient (Wildman–Crippen LogP) is 1.90. The predicted molar refractivity (Wildman–Crippen MR) is 104 cm³/mol. The summed E-state index contributed by atoms with van der Waals surface area (Å²) in [5.41, 5.74) is 0.554. The molecule has 0 atom stereocenters. The van der Waals surface area contributed by atoms with Gasteiger partial charge in [0.1, 0.15) is 11.3 Å². The summed E-state index contributed by atoms with van der Waals surface area (Å²) in [6.45, 7) is -0.359. The highest BCUT2D eigenvalue weighted by atomic mass is 32.1. The number of thiocarbonyl (C=S) groups is 1. The second-order valence-electron chi connectivity index (χ2n) is 5.83. The molecule has 3 rings (SSSR count). The van der Waals surface area contributed by atoms with Crippen LogP contribution in [0.2, 0.25) is 0 Å². The van der Waals surface area contributed by atoms with Gasteiger partial charge in [-0.2, -0.15) is 0 Å². The lowest BCUT2D eigenvalue weighted by molar-refractivity contribution is -0.123. The maximum absolute atomic E-state index is 13.1. The van der Waals surface area contributed by atoms with Gasteiger partial charge in [-0.1, -0.05) is 12.1 Å². The lowest BCUT2D eigenvalue weighted by atomic mass is 10.1. The largest absolute Gasteiger partial charge is 0.484 e. The zero-order valence-corrected chi connectivity index (χ0v) is 15.4. The molecule has 3 N–H and O–H groups in total. The Labute approximate surface area is 168 Å². The molecule has 0 bridgehead atoms. The molecule has 2 aromatic carbocycles. The molecule has 0 unspecified atom stereocenters. The van der Waals surface area contributed by atoms with Crippen LogP contribution in [0.25, 0.3) is 6.08 Å². The van der Waals surface area contributed by atoms with Crippen molar-refractivity contribution in [1.29, 1.82) is 0 Å². The summed E-state index contributed by atoms with van der Waals surface area (Å²) in [5, 5.41) is 6.99. The summed E-state index contributed by atoms with van der Waals surface area (Å²) in [6, 6.07) is 9.25. The number of carbonyl (C=O) groups is 3. The van der Waals surface area contributed by atoms with E-state index in [1.54, 1.807) is 24.3 Å². The van der Waals surface area contributed by atoms with E-state index in [0.717, 1.165) is 12.1 Å². The second kappa shape index (κ2) is 8.57. The minimum atomic E-state index is -1.07. The van der Waals surface area contributed by atoms with Gasteiger partial charge in [0.05, 0.1) is 0 Å². The van der Waals surface area contributed by atoms with Crippen molar-refractivity contribution in [1.82, 2.24) is 10.6 Å². The van der Waals surface area contributed by atoms with Crippen LogP contribution in [0, 0.1) is 11.6 Å². The van der Waals surface area contributed by atoms with E-state index >= 15 is 0 Å². The van der Waals surface area contributed by atoms with Gasteiger partial charge in [0.25, 0.3) is 17.7 Å². The number of amides is 3. The highest BCUT2D eigenvalue weighted by Crippen LogP contribution is 2.16. The maximum Gasteiger partial charge on any atom is 0.263 e. The van der Waals surface area contributed by atoms with Gasteiger partial charge in [-0.3, -0.25) is 25.0 Å². The van der Waals surface area contributed by atoms with Crippen molar-refractivity contribution in [2.24, 2.45) is 0 Å². The lowest BCUT2D eigenvalue weighted by Gasteiger charge is -2.16. The van der Waals surface area contributed by atoms with Crippen molar-refractivity contribution in [2.45, 2.75) is 0 Å².